The molecule has 1 aliphatic heterocycles. The minimum atomic E-state index is -0.904. The van der Waals surface area contributed by atoms with Crippen molar-refractivity contribution in [3.63, 3.8) is 0 Å². The summed E-state index contributed by atoms with van der Waals surface area (Å²) in [5.74, 6) is -2.10. The molecule has 1 aliphatic carbocycles. The van der Waals surface area contributed by atoms with E-state index in [0.717, 1.165) is 17.7 Å². The van der Waals surface area contributed by atoms with Crippen molar-refractivity contribution in [3.8, 4) is 0 Å². The Kier molecular flexibility index (Phi) is 7.90. The van der Waals surface area contributed by atoms with Crippen LogP contribution in [0.1, 0.15) is 51.2 Å². The SMILES string of the molecule is CCOC(=O)C1=C(C)N(c2ccc(C3=CC=CC3)cc2)C(C)=C(C(=O)OCC)C1c1cccc([N+](=O)[O-])c1. The molecule has 0 amide bonds. The highest BCUT2D eigenvalue weighted by atomic mass is 16.6. The number of ether oxygens (including phenoxy) is 2. The second-order valence-corrected chi connectivity index (χ2v) is 8.93. The summed E-state index contributed by atoms with van der Waals surface area (Å²) in [6.45, 7) is 7.25. The molecule has 0 saturated heterocycles. The van der Waals surface area contributed by atoms with E-state index in [4.69, 9.17) is 9.47 Å². The number of nitrogens with zero attached hydrogens (tertiary/aromatic N) is 2. The zero-order valence-corrected chi connectivity index (χ0v) is 21.9. The van der Waals surface area contributed by atoms with Crippen molar-refractivity contribution in [3.05, 3.63) is 111 Å². The number of nitro groups is 1. The number of hydrogen-bond acceptors (Lipinski definition) is 7. The fraction of sp³-hybridized carbons (Fsp3) is 0.267. The van der Waals surface area contributed by atoms with Gasteiger partial charge in [0.05, 0.1) is 35.2 Å². The van der Waals surface area contributed by atoms with E-state index in [1.807, 2.05) is 35.2 Å². The lowest BCUT2D eigenvalue weighted by Crippen LogP contribution is -2.35. The van der Waals surface area contributed by atoms with Gasteiger partial charge in [0.25, 0.3) is 5.69 Å². The second kappa shape index (κ2) is 11.3. The number of hydrogen-bond donors (Lipinski definition) is 0. The quantitative estimate of drug-likeness (QED) is 0.234. The summed E-state index contributed by atoms with van der Waals surface area (Å²) in [7, 11) is 0. The van der Waals surface area contributed by atoms with Crippen molar-refractivity contribution in [2.24, 2.45) is 0 Å². The molecule has 0 unspecified atom stereocenters. The first-order valence-electron chi connectivity index (χ1n) is 12.5. The fourth-order valence-corrected chi connectivity index (χ4v) is 5.03. The van der Waals surface area contributed by atoms with E-state index < -0.39 is 22.8 Å². The maximum atomic E-state index is 13.4. The number of benzene rings is 2. The Morgan fingerprint density at radius 3 is 2.08 bits per heavy atom. The van der Waals surface area contributed by atoms with Crippen LogP contribution >= 0.6 is 0 Å². The summed E-state index contributed by atoms with van der Waals surface area (Å²) < 4.78 is 10.9. The van der Waals surface area contributed by atoms with Gasteiger partial charge in [0.2, 0.25) is 0 Å². The predicted octanol–water partition coefficient (Wildman–Crippen LogP) is 6.22. The van der Waals surface area contributed by atoms with Crippen molar-refractivity contribution >= 4 is 28.9 Å². The average Bonchev–Trinajstić information content (AvgIpc) is 3.44. The molecule has 1 heterocycles. The molecule has 2 aliphatic rings. The van der Waals surface area contributed by atoms with Gasteiger partial charge in [0.1, 0.15) is 0 Å². The Morgan fingerprint density at radius 1 is 0.974 bits per heavy atom. The van der Waals surface area contributed by atoms with Gasteiger partial charge in [0.15, 0.2) is 0 Å². The first kappa shape index (κ1) is 26.6. The van der Waals surface area contributed by atoms with Crippen LogP contribution < -0.4 is 4.90 Å². The van der Waals surface area contributed by atoms with E-state index >= 15 is 0 Å². The Labute approximate surface area is 221 Å². The van der Waals surface area contributed by atoms with Gasteiger partial charge < -0.3 is 14.4 Å². The maximum absolute atomic E-state index is 13.4. The van der Waals surface area contributed by atoms with Gasteiger partial charge >= 0.3 is 11.9 Å². The number of non-ortho nitro benzene ring substituents is 1. The molecular weight excluding hydrogens is 484 g/mol. The van der Waals surface area contributed by atoms with Crippen molar-refractivity contribution in [1.29, 1.82) is 0 Å². The average molecular weight is 515 g/mol. The molecule has 0 spiro atoms. The molecule has 8 heteroatoms. The number of rotatable bonds is 8. The molecule has 38 heavy (non-hydrogen) atoms. The van der Waals surface area contributed by atoms with E-state index in [1.165, 1.54) is 17.7 Å². The molecule has 0 aromatic heterocycles. The van der Waals surface area contributed by atoms with Crippen LogP contribution in [0.2, 0.25) is 0 Å². The molecule has 0 fully saturated rings. The molecule has 0 bridgehead atoms. The number of carbonyl (C=O) groups is 2. The zero-order valence-electron chi connectivity index (χ0n) is 21.9. The van der Waals surface area contributed by atoms with Crippen molar-refractivity contribution in [1.82, 2.24) is 0 Å². The van der Waals surface area contributed by atoms with Crippen molar-refractivity contribution in [2.75, 3.05) is 18.1 Å². The minimum Gasteiger partial charge on any atom is -0.463 e. The lowest BCUT2D eigenvalue weighted by molar-refractivity contribution is -0.384. The number of anilines is 1. The third kappa shape index (κ3) is 5.02. The molecular formula is C30H30N2O6. The molecule has 4 rings (SSSR count). The van der Waals surface area contributed by atoms with Crippen LogP contribution in [0.4, 0.5) is 11.4 Å². The molecule has 2 aromatic carbocycles. The number of allylic oxidation sites excluding steroid dienone is 6. The highest BCUT2D eigenvalue weighted by Gasteiger charge is 2.41. The third-order valence-electron chi connectivity index (χ3n) is 6.70. The monoisotopic (exact) mass is 514 g/mol. The van der Waals surface area contributed by atoms with E-state index in [-0.39, 0.29) is 30.0 Å². The molecule has 2 aromatic rings. The summed E-state index contributed by atoms with van der Waals surface area (Å²) in [6.07, 6.45) is 7.07. The largest absolute Gasteiger partial charge is 0.463 e. The van der Waals surface area contributed by atoms with Crippen molar-refractivity contribution < 1.29 is 24.0 Å². The summed E-state index contributed by atoms with van der Waals surface area (Å²) in [6, 6.07) is 13.9. The van der Waals surface area contributed by atoms with Gasteiger partial charge in [-0.05, 0) is 62.9 Å². The maximum Gasteiger partial charge on any atom is 0.336 e. The van der Waals surface area contributed by atoms with E-state index in [1.54, 1.807) is 39.8 Å². The Balaban J connectivity index is 1.92. The summed E-state index contributed by atoms with van der Waals surface area (Å²) in [5, 5.41) is 11.5. The van der Waals surface area contributed by atoms with Crippen LogP contribution in [0.25, 0.3) is 5.57 Å². The second-order valence-electron chi connectivity index (χ2n) is 8.93. The van der Waals surface area contributed by atoms with E-state index in [2.05, 4.69) is 12.2 Å². The summed E-state index contributed by atoms with van der Waals surface area (Å²) in [5.41, 5.74) is 4.94. The van der Waals surface area contributed by atoms with Gasteiger partial charge in [0, 0.05) is 29.2 Å². The zero-order chi connectivity index (χ0) is 27.4. The summed E-state index contributed by atoms with van der Waals surface area (Å²) >= 11 is 0. The van der Waals surface area contributed by atoms with Gasteiger partial charge in [-0.15, -0.1) is 0 Å². The standard InChI is InChI=1S/C30H30N2O6/c1-5-37-29(33)26-19(3)31(24-16-14-22(15-17-24)21-10-7-8-11-21)20(4)27(30(34)38-6-2)28(26)23-12-9-13-25(18-23)32(35)36/h7-10,12-18,28H,5-6,11H2,1-4H3. The third-order valence-corrected chi connectivity index (χ3v) is 6.70. The smallest absolute Gasteiger partial charge is 0.336 e. The Morgan fingerprint density at radius 2 is 1.58 bits per heavy atom. The molecule has 0 N–H and O–H groups in total. The topological polar surface area (TPSA) is 99.0 Å². The van der Waals surface area contributed by atoms with Crippen LogP contribution in [0.5, 0.6) is 0 Å². The van der Waals surface area contributed by atoms with E-state index in [9.17, 15) is 19.7 Å². The van der Waals surface area contributed by atoms with Gasteiger partial charge in [-0.3, -0.25) is 10.1 Å². The first-order chi connectivity index (χ1) is 18.3. The van der Waals surface area contributed by atoms with Crippen LogP contribution in [-0.2, 0) is 19.1 Å². The van der Waals surface area contributed by atoms with E-state index in [0.29, 0.717) is 17.0 Å². The number of nitro benzene ring substituents is 1. The van der Waals surface area contributed by atoms with Gasteiger partial charge in [-0.2, -0.15) is 0 Å². The molecule has 196 valence electrons. The lowest BCUT2D eigenvalue weighted by Gasteiger charge is -2.38. The first-order valence-corrected chi connectivity index (χ1v) is 12.5. The normalized spacial score (nSPS) is 15.6. The van der Waals surface area contributed by atoms with Gasteiger partial charge in [-0.25, -0.2) is 9.59 Å². The summed E-state index contributed by atoms with van der Waals surface area (Å²) in [4.78, 5) is 39.7. The van der Waals surface area contributed by atoms with Crippen LogP contribution in [0.3, 0.4) is 0 Å². The van der Waals surface area contributed by atoms with Crippen LogP contribution in [-0.4, -0.2) is 30.1 Å². The van der Waals surface area contributed by atoms with Crippen LogP contribution in [0.15, 0.2) is 89.3 Å². The number of esters is 2. The highest BCUT2D eigenvalue weighted by molar-refractivity contribution is 6.01. The minimum absolute atomic E-state index is 0.131. The number of carbonyl (C=O) groups excluding carboxylic acids is 2. The van der Waals surface area contributed by atoms with Crippen LogP contribution in [0, 0.1) is 10.1 Å². The Hall–Kier alpha value is -4.46. The van der Waals surface area contributed by atoms with Gasteiger partial charge in [-0.1, -0.05) is 42.5 Å². The molecule has 8 nitrogen and oxygen atoms in total. The highest BCUT2D eigenvalue weighted by Crippen LogP contribution is 2.45. The fourth-order valence-electron chi connectivity index (χ4n) is 5.03. The predicted molar refractivity (Wildman–Crippen MR) is 145 cm³/mol. The molecule has 0 saturated carbocycles. The molecule has 0 atom stereocenters. The van der Waals surface area contributed by atoms with Crippen molar-refractivity contribution in [2.45, 2.75) is 40.0 Å². The Bertz CT molecular complexity index is 1360. The molecule has 0 radical (unpaired) electrons. The lowest BCUT2D eigenvalue weighted by atomic mass is 9.79.